The van der Waals surface area contributed by atoms with Crippen LogP contribution >= 0.6 is 11.8 Å². The van der Waals surface area contributed by atoms with Gasteiger partial charge in [0.15, 0.2) is 0 Å². The van der Waals surface area contributed by atoms with Crippen LogP contribution in [0.4, 0.5) is 4.39 Å². The van der Waals surface area contributed by atoms with Gasteiger partial charge in [0.05, 0.1) is 0 Å². The molecule has 0 saturated heterocycles. The zero-order chi connectivity index (χ0) is 19.6. The molecule has 2 rings (SSSR count). The fourth-order valence-electron chi connectivity index (χ4n) is 2.68. The SMILES string of the molecule is CSCCC(NC(=O)c1cccc(C)c1)C(=O)NCCc1cccc(F)c1. The van der Waals surface area contributed by atoms with Crippen LogP contribution in [0.15, 0.2) is 48.5 Å². The quantitative estimate of drug-likeness (QED) is 0.693. The summed E-state index contributed by atoms with van der Waals surface area (Å²) in [5.41, 5.74) is 2.35. The van der Waals surface area contributed by atoms with E-state index in [0.717, 1.165) is 16.9 Å². The summed E-state index contributed by atoms with van der Waals surface area (Å²) in [6.45, 7) is 2.31. The highest BCUT2D eigenvalue weighted by atomic mass is 32.2. The van der Waals surface area contributed by atoms with Gasteiger partial charge in [0.1, 0.15) is 11.9 Å². The second-order valence-electron chi connectivity index (χ2n) is 6.35. The Hall–Kier alpha value is -2.34. The molecule has 2 aromatic rings. The predicted molar refractivity (Wildman–Crippen MR) is 109 cm³/mol. The van der Waals surface area contributed by atoms with Gasteiger partial charge in [-0.15, -0.1) is 0 Å². The van der Waals surface area contributed by atoms with E-state index < -0.39 is 6.04 Å². The van der Waals surface area contributed by atoms with Gasteiger partial charge in [-0.1, -0.05) is 29.8 Å². The highest BCUT2D eigenvalue weighted by molar-refractivity contribution is 7.98. The third-order valence-electron chi connectivity index (χ3n) is 4.11. The molecule has 6 heteroatoms. The molecule has 0 fully saturated rings. The van der Waals surface area contributed by atoms with E-state index in [-0.39, 0.29) is 17.6 Å². The number of carbonyl (C=O) groups is 2. The topological polar surface area (TPSA) is 58.2 Å². The Morgan fingerprint density at radius 1 is 1.15 bits per heavy atom. The standard InChI is InChI=1S/C21H25FN2O2S/c1-15-5-3-7-17(13-15)20(25)24-19(10-12-27-2)21(26)23-11-9-16-6-4-8-18(22)14-16/h3-8,13-14,19H,9-12H2,1-2H3,(H,23,26)(H,24,25). The van der Waals surface area contributed by atoms with Crippen molar-refractivity contribution < 1.29 is 14.0 Å². The minimum absolute atomic E-state index is 0.221. The summed E-state index contributed by atoms with van der Waals surface area (Å²) in [7, 11) is 0. The molecule has 1 atom stereocenters. The molecule has 0 bridgehead atoms. The van der Waals surface area contributed by atoms with Gasteiger partial charge in [0, 0.05) is 12.1 Å². The molecular weight excluding hydrogens is 363 g/mol. The van der Waals surface area contributed by atoms with Crippen LogP contribution in [-0.2, 0) is 11.2 Å². The molecular formula is C21H25FN2O2S. The monoisotopic (exact) mass is 388 g/mol. The van der Waals surface area contributed by atoms with E-state index in [9.17, 15) is 14.0 Å². The number of benzene rings is 2. The molecule has 2 amide bonds. The van der Waals surface area contributed by atoms with Crippen LogP contribution in [0.2, 0.25) is 0 Å². The maximum absolute atomic E-state index is 13.2. The fraction of sp³-hybridized carbons (Fsp3) is 0.333. The molecule has 2 N–H and O–H groups in total. The van der Waals surface area contributed by atoms with Crippen molar-refractivity contribution in [2.45, 2.75) is 25.8 Å². The molecule has 0 spiro atoms. The second-order valence-corrected chi connectivity index (χ2v) is 7.33. The van der Waals surface area contributed by atoms with E-state index in [1.807, 2.05) is 31.4 Å². The fourth-order valence-corrected chi connectivity index (χ4v) is 3.15. The molecule has 0 aliphatic rings. The highest BCUT2D eigenvalue weighted by Crippen LogP contribution is 2.07. The molecule has 0 aliphatic heterocycles. The lowest BCUT2D eigenvalue weighted by Crippen LogP contribution is -2.47. The first kappa shape index (κ1) is 21.0. The van der Waals surface area contributed by atoms with Gasteiger partial charge < -0.3 is 10.6 Å². The van der Waals surface area contributed by atoms with Crippen molar-refractivity contribution in [2.24, 2.45) is 0 Å². The summed E-state index contributed by atoms with van der Waals surface area (Å²) in [6, 6.07) is 13.0. The first-order valence-electron chi connectivity index (χ1n) is 8.88. The Labute approximate surface area is 163 Å². The molecule has 27 heavy (non-hydrogen) atoms. The maximum atomic E-state index is 13.2. The zero-order valence-electron chi connectivity index (χ0n) is 15.6. The van der Waals surface area contributed by atoms with Crippen molar-refractivity contribution >= 4 is 23.6 Å². The highest BCUT2D eigenvalue weighted by Gasteiger charge is 2.20. The van der Waals surface area contributed by atoms with E-state index in [1.54, 1.807) is 30.0 Å². The number of nitrogens with one attached hydrogen (secondary N) is 2. The van der Waals surface area contributed by atoms with Crippen LogP contribution in [0.5, 0.6) is 0 Å². The van der Waals surface area contributed by atoms with Gasteiger partial charge in [-0.3, -0.25) is 9.59 Å². The lowest BCUT2D eigenvalue weighted by molar-refractivity contribution is -0.122. The maximum Gasteiger partial charge on any atom is 0.251 e. The predicted octanol–water partition coefficient (Wildman–Crippen LogP) is 3.34. The number of rotatable bonds is 9. The summed E-state index contributed by atoms with van der Waals surface area (Å²) in [4.78, 5) is 25.0. The van der Waals surface area contributed by atoms with Crippen LogP contribution in [0.25, 0.3) is 0 Å². The Morgan fingerprint density at radius 2 is 1.93 bits per heavy atom. The van der Waals surface area contributed by atoms with E-state index >= 15 is 0 Å². The Balaban J connectivity index is 1.93. The van der Waals surface area contributed by atoms with Crippen molar-refractivity contribution in [3.05, 3.63) is 71.0 Å². The van der Waals surface area contributed by atoms with Crippen LogP contribution in [0, 0.1) is 12.7 Å². The Bertz CT molecular complexity index is 782. The van der Waals surface area contributed by atoms with E-state index in [4.69, 9.17) is 0 Å². The Kier molecular flexibility index (Phi) is 8.33. The van der Waals surface area contributed by atoms with Crippen molar-refractivity contribution in [2.75, 3.05) is 18.6 Å². The summed E-state index contributed by atoms with van der Waals surface area (Å²) < 4.78 is 13.2. The summed E-state index contributed by atoms with van der Waals surface area (Å²) in [5.74, 6) is -0.00979. The first-order chi connectivity index (χ1) is 13.0. The van der Waals surface area contributed by atoms with Crippen molar-refractivity contribution in [1.29, 1.82) is 0 Å². The molecule has 0 aliphatic carbocycles. The summed E-state index contributed by atoms with van der Waals surface area (Å²) >= 11 is 1.62. The molecule has 0 aromatic heterocycles. The minimum Gasteiger partial charge on any atom is -0.354 e. The van der Waals surface area contributed by atoms with Gasteiger partial charge in [-0.05, 0) is 61.6 Å². The van der Waals surface area contributed by atoms with Crippen LogP contribution < -0.4 is 10.6 Å². The van der Waals surface area contributed by atoms with Gasteiger partial charge in [-0.2, -0.15) is 11.8 Å². The van der Waals surface area contributed by atoms with Gasteiger partial charge >= 0.3 is 0 Å². The minimum atomic E-state index is -0.599. The smallest absolute Gasteiger partial charge is 0.251 e. The largest absolute Gasteiger partial charge is 0.354 e. The van der Waals surface area contributed by atoms with E-state index in [1.165, 1.54) is 12.1 Å². The molecule has 0 saturated carbocycles. The number of carbonyl (C=O) groups excluding carboxylic acids is 2. The van der Waals surface area contributed by atoms with Gasteiger partial charge in [0.2, 0.25) is 5.91 Å². The number of aryl methyl sites for hydroxylation is 1. The lowest BCUT2D eigenvalue weighted by Gasteiger charge is -2.18. The number of halogens is 1. The number of hydrogen-bond acceptors (Lipinski definition) is 3. The van der Waals surface area contributed by atoms with Crippen molar-refractivity contribution in [3.63, 3.8) is 0 Å². The van der Waals surface area contributed by atoms with E-state index in [2.05, 4.69) is 10.6 Å². The molecule has 1 unspecified atom stereocenters. The van der Waals surface area contributed by atoms with Gasteiger partial charge in [0.25, 0.3) is 5.91 Å². The number of hydrogen-bond donors (Lipinski definition) is 2. The first-order valence-corrected chi connectivity index (χ1v) is 10.3. The summed E-state index contributed by atoms with van der Waals surface area (Å²) in [5, 5.41) is 5.67. The Morgan fingerprint density at radius 3 is 2.63 bits per heavy atom. The third-order valence-corrected chi connectivity index (χ3v) is 4.76. The second kappa shape index (κ2) is 10.7. The van der Waals surface area contributed by atoms with Crippen LogP contribution in [-0.4, -0.2) is 36.4 Å². The number of amides is 2. The summed E-state index contributed by atoms with van der Waals surface area (Å²) in [6.07, 6.45) is 3.04. The number of thioether (sulfide) groups is 1. The molecule has 2 aromatic carbocycles. The van der Waals surface area contributed by atoms with Crippen molar-refractivity contribution in [1.82, 2.24) is 10.6 Å². The molecule has 0 radical (unpaired) electrons. The average molecular weight is 389 g/mol. The third kappa shape index (κ3) is 7.06. The average Bonchev–Trinajstić information content (AvgIpc) is 2.65. The molecule has 4 nitrogen and oxygen atoms in total. The van der Waals surface area contributed by atoms with Crippen LogP contribution in [0.3, 0.4) is 0 Å². The van der Waals surface area contributed by atoms with Crippen LogP contribution in [0.1, 0.15) is 27.9 Å². The normalized spacial score (nSPS) is 11.7. The van der Waals surface area contributed by atoms with Crippen molar-refractivity contribution in [3.8, 4) is 0 Å². The van der Waals surface area contributed by atoms with E-state index in [0.29, 0.717) is 24.9 Å². The molecule has 0 heterocycles. The molecule has 144 valence electrons. The lowest BCUT2D eigenvalue weighted by atomic mass is 10.1. The zero-order valence-corrected chi connectivity index (χ0v) is 16.4. The van der Waals surface area contributed by atoms with Gasteiger partial charge in [-0.25, -0.2) is 4.39 Å².